The molecule has 0 unspecified atom stereocenters. The third-order valence-corrected chi connectivity index (χ3v) is 5.55. The van der Waals surface area contributed by atoms with Gasteiger partial charge in [-0.25, -0.2) is 4.68 Å². The second-order valence-corrected chi connectivity index (χ2v) is 7.47. The molecule has 4 aromatic carbocycles. The predicted octanol–water partition coefficient (Wildman–Crippen LogP) is 6.17. The highest BCUT2D eigenvalue weighted by molar-refractivity contribution is 6.11. The number of fused-ring (bicyclic) bond motifs is 3. The van der Waals surface area contributed by atoms with Gasteiger partial charge >= 0.3 is 0 Å². The first-order chi connectivity index (χ1) is 13.6. The van der Waals surface area contributed by atoms with Crippen molar-refractivity contribution in [1.82, 2.24) is 15.0 Å². The molecule has 5 rings (SSSR count). The summed E-state index contributed by atoms with van der Waals surface area (Å²) in [6.45, 7) is 6.37. The van der Waals surface area contributed by atoms with E-state index >= 15 is 0 Å². The summed E-state index contributed by atoms with van der Waals surface area (Å²) in [4.78, 5) is 0. The van der Waals surface area contributed by atoms with Gasteiger partial charge in [-0.1, -0.05) is 65.4 Å². The van der Waals surface area contributed by atoms with E-state index in [9.17, 15) is 0 Å². The van der Waals surface area contributed by atoms with Crippen LogP contribution in [-0.4, -0.2) is 15.0 Å². The summed E-state index contributed by atoms with van der Waals surface area (Å²) in [5.74, 6) is 0. The highest BCUT2D eigenvalue weighted by atomic mass is 15.4. The molecule has 3 heteroatoms. The van der Waals surface area contributed by atoms with E-state index in [1.165, 1.54) is 38.6 Å². The maximum Gasteiger partial charge on any atom is 0.114 e. The van der Waals surface area contributed by atoms with Crippen molar-refractivity contribution in [2.24, 2.45) is 0 Å². The van der Waals surface area contributed by atoms with Gasteiger partial charge in [-0.05, 0) is 66.6 Å². The molecule has 3 nitrogen and oxygen atoms in total. The Kier molecular flexibility index (Phi) is 3.76. The van der Waals surface area contributed by atoms with Gasteiger partial charge in [0.1, 0.15) is 11.0 Å². The zero-order chi connectivity index (χ0) is 19.3. The number of hydrogen-bond acceptors (Lipinski definition) is 2. The summed E-state index contributed by atoms with van der Waals surface area (Å²) in [6, 6.07) is 25.8. The lowest BCUT2D eigenvalue weighted by Gasteiger charge is -2.11. The number of hydrogen-bond donors (Lipinski definition) is 0. The molecule has 1 aromatic heterocycles. The van der Waals surface area contributed by atoms with Crippen molar-refractivity contribution in [3.63, 3.8) is 0 Å². The zero-order valence-corrected chi connectivity index (χ0v) is 16.3. The minimum atomic E-state index is 0.910. The summed E-state index contributed by atoms with van der Waals surface area (Å²) in [6.07, 6.45) is 0. The van der Waals surface area contributed by atoms with Crippen LogP contribution in [0.4, 0.5) is 0 Å². The molecule has 0 aliphatic rings. The third-order valence-electron chi connectivity index (χ3n) is 5.55. The lowest BCUT2D eigenvalue weighted by Crippen LogP contribution is -1.98. The van der Waals surface area contributed by atoms with Gasteiger partial charge in [-0.15, -0.1) is 5.10 Å². The van der Waals surface area contributed by atoms with Crippen molar-refractivity contribution < 1.29 is 0 Å². The smallest absolute Gasteiger partial charge is 0.114 e. The highest BCUT2D eigenvalue weighted by Gasteiger charge is 2.15. The molecule has 0 spiro atoms. The number of rotatable bonds is 2. The van der Waals surface area contributed by atoms with Crippen molar-refractivity contribution in [2.75, 3.05) is 0 Å². The first kappa shape index (κ1) is 16.7. The van der Waals surface area contributed by atoms with Crippen LogP contribution in [0.25, 0.3) is 38.6 Å². The third kappa shape index (κ3) is 2.59. The van der Waals surface area contributed by atoms with Crippen LogP contribution < -0.4 is 0 Å². The molecule has 0 fully saturated rings. The summed E-state index contributed by atoms with van der Waals surface area (Å²) in [7, 11) is 0. The molecule has 0 aliphatic carbocycles. The first-order valence-corrected chi connectivity index (χ1v) is 9.53. The van der Waals surface area contributed by atoms with Crippen molar-refractivity contribution in [3.05, 3.63) is 89.5 Å². The Labute approximate surface area is 164 Å². The number of benzene rings is 4. The predicted molar refractivity (Wildman–Crippen MR) is 116 cm³/mol. The van der Waals surface area contributed by atoms with Crippen LogP contribution in [0.2, 0.25) is 0 Å². The lowest BCUT2D eigenvalue weighted by atomic mass is 9.96. The minimum Gasteiger partial charge on any atom is -0.212 e. The van der Waals surface area contributed by atoms with E-state index in [4.69, 9.17) is 0 Å². The monoisotopic (exact) mass is 363 g/mol. The fraction of sp³-hybridized carbons (Fsp3) is 0.120. The van der Waals surface area contributed by atoms with Crippen molar-refractivity contribution >= 4 is 21.8 Å². The molecular formula is C25H21N3. The van der Waals surface area contributed by atoms with Gasteiger partial charge in [0.2, 0.25) is 0 Å². The van der Waals surface area contributed by atoms with Crippen LogP contribution in [0.5, 0.6) is 0 Å². The van der Waals surface area contributed by atoms with Gasteiger partial charge in [-0.3, -0.25) is 0 Å². The Morgan fingerprint density at radius 1 is 0.714 bits per heavy atom. The average molecular weight is 363 g/mol. The lowest BCUT2D eigenvalue weighted by molar-refractivity contribution is 0.824. The molecule has 5 aromatic rings. The van der Waals surface area contributed by atoms with Crippen molar-refractivity contribution in [1.29, 1.82) is 0 Å². The Hall–Kier alpha value is -3.46. The van der Waals surface area contributed by atoms with Gasteiger partial charge in [0, 0.05) is 5.39 Å². The van der Waals surface area contributed by atoms with E-state index < -0.39 is 0 Å². The van der Waals surface area contributed by atoms with E-state index in [0.29, 0.717) is 0 Å². The number of aryl methyl sites for hydroxylation is 3. The molecule has 0 N–H and O–H groups in total. The molecule has 136 valence electrons. The molecule has 28 heavy (non-hydrogen) atoms. The van der Waals surface area contributed by atoms with Crippen LogP contribution in [0.3, 0.4) is 0 Å². The van der Waals surface area contributed by atoms with Gasteiger partial charge in [0.15, 0.2) is 0 Å². The van der Waals surface area contributed by atoms with E-state index in [0.717, 1.165) is 16.7 Å². The standard InChI is InChI=1S/C25H21N3/c1-16-8-11-19(12-9-16)23-15-24-25(22-7-5-4-6-21(22)23)28(27-26-24)20-13-10-17(2)18(3)14-20/h4-15H,1-3H3. The summed E-state index contributed by atoms with van der Waals surface area (Å²) < 4.78 is 1.96. The largest absolute Gasteiger partial charge is 0.212 e. The normalized spacial score (nSPS) is 11.4. The second kappa shape index (κ2) is 6.31. The van der Waals surface area contributed by atoms with Crippen molar-refractivity contribution in [2.45, 2.75) is 20.8 Å². The molecule has 0 radical (unpaired) electrons. The highest BCUT2D eigenvalue weighted by Crippen LogP contribution is 2.35. The molecule has 0 saturated heterocycles. The van der Waals surface area contributed by atoms with E-state index in [2.05, 4.69) is 104 Å². The quantitative estimate of drug-likeness (QED) is 0.376. The number of nitrogens with zero attached hydrogens (tertiary/aromatic N) is 3. The Bertz CT molecular complexity index is 1330. The van der Waals surface area contributed by atoms with E-state index in [1.54, 1.807) is 0 Å². The summed E-state index contributed by atoms with van der Waals surface area (Å²) in [5, 5.41) is 11.4. The van der Waals surface area contributed by atoms with E-state index in [-0.39, 0.29) is 0 Å². The second-order valence-electron chi connectivity index (χ2n) is 7.47. The maximum atomic E-state index is 4.51. The first-order valence-electron chi connectivity index (χ1n) is 9.53. The minimum absolute atomic E-state index is 0.910. The van der Waals surface area contributed by atoms with Gasteiger partial charge in [0.25, 0.3) is 0 Å². The Balaban J connectivity index is 1.83. The topological polar surface area (TPSA) is 30.7 Å². The maximum absolute atomic E-state index is 4.51. The summed E-state index contributed by atoms with van der Waals surface area (Å²) >= 11 is 0. The van der Waals surface area contributed by atoms with Crippen LogP contribution in [0, 0.1) is 20.8 Å². The molecule has 0 saturated carbocycles. The molecule has 0 atom stereocenters. The average Bonchev–Trinajstić information content (AvgIpc) is 3.14. The molecule has 0 aliphatic heterocycles. The van der Waals surface area contributed by atoms with Gasteiger partial charge < -0.3 is 0 Å². The molecule has 0 amide bonds. The Morgan fingerprint density at radius 3 is 2.21 bits per heavy atom. The summed E-state index contributed by atoms with van der Waals surface area (Å²) in [5.41, 5.74) is 9.18. The Morgan fingerprint density at radius 2 is 1.46 bits per heavy atom. The fourth-order valence-corrected chi connectivity index (χ4v) is 3.79. The fourth-order valence-electron chi connectivity index (χ4n) is 3.79. The zero-order valence-electron chi connectivity index (χ0n) is 16.3. The van der Waals surface area contributed by atoms with Crippen LogP contribution in [-0.2, 0) is 0 Å². The van der Waals surface area contributed by atoms with Crippen molar-refractivity contribution in [3.8, 4) is 16.8 Å². The number of aromatic nitrogens is 3. The molecule has 1 heterocycles. The van der Waals surface area contributed by atoms with Crippen LogP contribution >= 0.6 is 0 Å². The van der Waals surface area contributed by atoms with E-state index in [1.807, 2.05) is 4.68 Å². The molecular weight excluding hydrogens is 342 g/mol. The van der Waals surface area contributed by atoms with Gasteiger partial charge in [0.05, 0.1) is 5.69 Å². The van der Waals surface area contributed by atoms with Crippen LogP contribution in [0.15, 0.2) is 72.8 Å². The van der Waals surface area contributed by atoms with Crippen LogP contribution in [0.1, 0.15) is 16.7 Å². The molecule has 0 bridgehead atoms. The van der Waals surface area contributed by atoms with Gasteiger partial charge in [-0.2, -0.15) is 0 Å². The SMILES string of the molecule is Cc1ccc(-c2cc3nnn(-c4ccc(C)c(C)c4)c3c3ccccc23)cc1.